The van der Waals surface area contributed by atoms with Crippen LogP contribution in [0.2, 0.25) is 0 Å². The molecule has 0 atom stereocenters. The van der Waals surface area contributed by atoms with Gasteiger partial charge in [-0.3, -0.25) is 9.88 Å². The van der Waals surface area contributed by atoms with Gasteiger partial charge in [-0.25, -0.2) is 9.79 Å². The van der Waals surface area contributed by atoms with Crippen molar-refractivity contribution in [2.75, 3.05) is 13.1 Å². The van der Waals surface area contributed by atoms with Crippen LogP contribution in [0.4, 0.5) is 0 Å². The molecule has 35 heavy (non-hydrogen) atoms. The highest BCUT2D eigenvalue weighted by molar-refractivity contribution is 5.56. The molecule has 0 spiro atoms. The van der Waals surface area contributed by atoms with Gasteiger partial charge in [-0.05, 0) is 62.5 Å². The van der Waals surface area contributed by atoms with Gasteiger partial charge in [0.05, 0.1) is 12.2 Å². The van der Waals surface area contributed by atoms with Crippen molar-refractivity contribution in [1.29, 1.82) is 0 Å². The zero-order valence-corrected chi connectivity index (χ0v) is 19.1. The summed E-state index contributed by atoms with van der Waals surface area (Å²) in [5.74, 6) is 0.396. The van der Waals surface area contributed by atoms with Gasteiger partial charge < -0.3 is 14.8 Å². The summed E-state index contributed by atoms with van der Waals surface area (Å²) in [7, 11) is 0. The molecule has 3 N–H and O–H groups in total. The van der Waals surface area contributed by atoms with Gasteiger partial charge in [0.1, 0.15) is 11.4 Å². The molecule has 1 saturated heterocycles. The van der Waals surface area contributed by atoms with E-state index in [1.165, 1.54) is 24.8 Å². The third-order valence-electron chi connectivity index (χ3n) is 6.20. The Morgan fingerprint density at radius 3 is 2.80 bits per heavy atom. The number of H-pyrrole nitrogens is 2. The maximum atomic E-state index is 11.5. The molecule has 0 amide bonds. The van der Waals surface area contributed by atoms with Crippen LogP contribution in [0.25, 0.3) is 11.7 Å². The largest absolute Gasteiger partial charge is 0.493 e. The molecule has 6 rings (SSSR count). The number of likely N-dealkylation sites (tertiary alicyclic amines) is 1. The van der Waals surface area contributed by atoms with Gasteiger partial charge in [-0.2, -0.15) is 19.6 Å². The Hall–Kier alpha value is -3.99. The molecule has 1 aliphatic heterocycles. The molecule has 2 aliphatic rings. The summed E-state index contributed by atoms with van der Waals surface area (Å²) >= 11 is 0. The molecule has 0 radical (unpaired) electrons. The Labute approximate surface area is 199 Å². The molecule has 1 aromatic carbocycles. The number of aromatic nitrogens is 6. The Morgan fingerprint density at radius 2 is 2.03 bits per heavy atom. The number of nitrogens with zero attached hydrogens (tertiary/aromatic N) is 6. The standard InChI is InChI=1S/C24H26N8O3/c33-21-19(27-23(34)29-21)12-16-13-25-32-20(16)28-24(30-22(32)26-17-7-8-17)35-18-6-4-5-15(11-18)14-31-9-2-1-3-10-31/h4-6,11-13,17,33H,1-3,7-10,14H2,(H2,27,29,34). The number of imidazole rings is 1. The fraction of sp³-hybridized carbons (Fsp3) is 0.375. The molecule has 4 heterocycles. The highest BCUT2D eigenvalue weighted by Crippen LogP contribution is 2.23. The maximum Gasteiger partial charge on any atom is 0.327 e. The van der Waals surface area contributed by atoms with Crippen LogP contribution in [0.5, 0.6) is 17.6 Å². The van der Waals surface area contributed by atoms with Crippen molar-refractivity contribution in [3.05, 3.63) is 63.0 Å². The van der Waals surface area contributed by atoms with Crippen LogP contribution >= 0.6 is 0 Å². The van der Waals surface area contributed by atoms with Crippen molar-refractivity contribution in [1.82, 2.24) is 34.4 Å². The lowest BCUT2D eigenvalue weighted by atomic mass is 10.1. The van der Waals surface area contributed by atoms with E-state index >= 15 is 0 Å². The number of aromatic amines is 2. The molecule has 11 heteroatoms. The molecule has 0 unspecified atom stereocenters. The van der Waals surface area contributed by atoms with Crippen molar-refractivity contribution in [2.24, 2.45) is 4.99 Å². The second-order valence-electron chi connectivity index (χ2n) is 9.07. The predicted molar refractivity (Wildman–Crippen MR) is 127 cm³/mol. The first kappa shape index (κ1) is 21.5. The number of hydrogen-bond donors (Lipinski definition) is 3. The molecular weight excluding hydrogens is 448 g/mol. The number of benzene rings is 1. The lowest BCUT2D eigenvalue weighted by Gasteiger charge is -2.26. The fourth-order valence-electron chi connectivity index (χ4n) is 4.30. The van der Waals surface area contributed by atoms with Gasteiger partial charge in [0.25, 0.3) is 5.62 Å². The first-order chi connectivity index (χ1) is 17.1. The Bertz CT molecular complexity index is 1540. The quantitative estimate of drug-likeness (QED) is 0.382. The topological polar surface area (TPSA) is 137 Å². The van der Waals surface area contributed by atoms with E-state index in [9.17, 15) is 9.90 Å². The number of fused-ring (bicyclic) bond motifs is 1. The number of aromatic hydroxyl groups is 1. The number of piperidine rings is 1. The summed E-state index contributed by atoms with van der Waals surface area (Å²) in [6, 6.07) is 8.37. The molecule has 4 aromatic rings. The van der Waals surface area contributed by atoms with Crippen molar-refractivity contribution in [3.8, 4) is 17.6 Å². The van der Waals surface area contributed by atoms with Gasteiger partial charge in [-0.1, -0.05) is 18.6 Å². The monoisotopic (exact) mass is 474 g/mol. The number of hydrogen-bond acceptors (Lipinski definition) is 8. The zero-order chi connectivity index (χ0) is 23.8. The van der Waals surface area contributed by atoms with Gasteiger partial charge in [-0.15, -0.1) is 0 Å². The molecule has 0 bridgehead atoms. The summed E-state index contributed by atoms with van der Waals surface area (Å²) in [5, 5.41) is 14.9. The van der Waals surface area contributed by atoms with Gasteiger partial charge in [0.2, 0.25) is 5.88 Å². The molecular formula is C24H26N8O3. The van der Waals surface area contributed by atoms with E-state index in [4.69, 9.17) is 4.74 Å². The lowest BCUT2D eigenvalue weighted by molar-refractivity contribution is 0.220. The van der Waals surface area contributed by atoms with Gasteiger partial charge in [0.15, 0.2) is 5.65 Å². The van der Waals surface area contributed by atoms with Crippen LogP contribution in [-0.2, 0) is 6.54 Å². The number of rotatable bonds is 6. The number of ether oxygens (including phenoxy) is 1. The van der Waals surface area contributed by atoms with Crippen LogP contribution in [0.15, 0.2) is 40.2 Å². The summed E-state index contributed by atoms with van der Waals surface area (Å²) in [6.07, 6.45) is 9.00. The van der Waals surface area contributed by atoms with Crippen LogP contribution in [-0.4, -0.2) is 58.7 Å². The first-order valence-corrected chi connectivity index (χ1v) is 11.9. The normalized spacial score (nSPS) is 17.9. The van der Waals surface area contributed by atoms with Gasteiger partial charge in [0, 0.05) is 11.8 Å². The lowest BCUT2D eigenvalue weighted by Crippen LogP contribution is -2.29. The van der Waals surface area contributed by atoms with E-state index in [0.717, 1.165) is 32.5 Å². The highest BCUT2D eigenvalue weighted by Gasteiger charge is 2.21. The summed E-state index contributed by atoms with van der Waals surface area (Å²) in [6.45, 7) is 3.14. The zero-order valence-electron chi connectivity index (χ0n) is 19.1. The van der Waals surface area contributed by atoms with E-state index in [2.05, 4.69) is 41.0 Å². The molecule has 180 valence electrons. The Morgan fingerprint density at radius 1 is 1.17 bits per heavy atom. The van der Waals surface area contributed by atoms with E-state index in [1.54, 1.807) is 16.8 Å². The van der Waals surface area contributed by atoms with E-state index in [0.29, 0.717) is 22.2 Å². The SMILES string of the molecule is O=c1[nH]c(O)c(C=c2cnn3c(=NC4CC4)nc(Oc4cccc(CN5CCCCC5)c4)nc23)[nH]1. The minimum Gasteiger partial charge on any atom is -0.493 e. The molecule has 2 fully saturated rings. The second-order valence-corrected chi connectivity index (χ2v) is 9.07. The van der Waals surface area contributed by atoms with E-state index in [1.807, 2.05) is 18.2 Å². The van der Waals surface area contributed by atoms with Crippen molar-refractivity contribution < 1.29 is 9.84 Å². The minimum absolute atomic E-state index is 0.161. The third-order valence-corrected chi connectivity index (χ3v) is 6.20. The molecule has 1 saturated carbocycles. The van der Waals surface area contributed by atoms with Crippen LogP contribution < -0.4 is 21.3 Å². The molecule has 11 nitrogen and oxygen atoms in total. The Kier molecular flexibility index (Phi) is 5.53. The number of nitrogens with one attached hydrogen (secondary N) is 2. The maximum absolute atomic E-state index is 11.5. The molecule has 1 aliphatic carbocycles. The van der Waals surface area contributed by atoms with Crippen LogP contribution in [0, 0.1) is 0 Å². The summed E-state index contributed by atoms with van der Waals surface area (Å²) in [4.78, 5) is 32.6. The summed E-state index contributed by atoms with van der Waals surface area (Å²) < 4.78 is 7.64. The van der Waals surface area contributed by atoms with Gasteiger partial charge >= 0.3 is 11.7 Å². The summed E-state index contributed by atoms with van der Waals surface area (Å²) in [5.41, 5.74) is 1.78. The third kappa shape index (κ3) is 4.80. The minimum atomic E-state index is -0.502. The predicted octanol–water partition coefficient (Wildman–Crippen LogP) is 1.24. The van der Waals surface area contributed by atoms with E-state index < -0.39 is 5.69 Å². The van der Waals surface area contributed by atoms with Crippen LogP contribution in [0.3, 0.4) is 0 Å². The van der Waals surface area contributed by atoms with E-state index in [-0.39, 0.29) is 23.6 Å². The van der Waals surface area contributed by atoms with Crippen molar-refractivity contribution in [2.45, 2.75) is 44.7 Å². The fourth-order valence-corrected chi connectivity index (χ4v) is 4.30. The second kappa shape index (κ2) is 8.99. The van der Waals surface area contributed by atoms with Crippen molar-refractivity contribution in [3.63, 3.8) is 0 Å². The Balaban J connectivity index is 1.37. The highest BCUT2D eigenvalue weighted by atomic mass is 16.5. The first-order valence-electron chi connectivity index (χ1n) is 11.9. The van der Waals surface area contributed by atoms with Crippen molar-refractivity contribution >= 4 is 11.7 Å². The average molecular weight is 475 g/mol. The molecule has 3 aromatic heterocycles. The average Bonchev–Trinajstić information content (AvgIpc) is 3.48. The van der Waals surface area contributed by atoms with Crippen LogP contribution in [0.1, 0.15) is 43.4 Å². The smallest absolute Gasteiger partial charge is 0.327 e.